The van der Waals surface area contributed by atoms with Gasteiger partial charge in [-0.3, -0.25) is 0 Å². The molecule has 2 aliphatic heterocycles. The third kappa shape index (κ3) is 15.8. The first kappa shape index (κ1) is 56.2. The minimum atomic E-state index is -0.323. The summed E-state index contributed by atoms with van der Waals surface area (Å²) < 4.78 is 0. The summed E-state index contributed by atoms with van der Waals surface area (Å²) in [4.78, 5) is 46.1. The maximum Gasteiger partial charge on any atom is 0.233 e. The predicted molar refractivity (Wildman–Crippen MR) is 296 cm³/mol. The molecule has 0 aliphatic carbocycles. The first-order chi connectivity index (χ1) is 32.7. The molecule has 2 aromatic heterocycles. The van der Waals surface area contributed by atoms with Crippen LogP contribution in [0.4, 0.5) is 35.7 Å². The lowest BCUT2D eigenvalue weighted by Crippen LogP contribution is -2.68. The molecule has 4 heterocycles. The average molecular weight is 947 g/mol. The lowest BCUT2D eigenvalue weighted by molar-refractivity contribution is 0.138. The summed E-state index contributed by atoms with van der Waals surface area (Å²) in [5.41, 5.74) is -0.911. The van der Waals surface area contributed by atoms with Crippen molar-refractivity contribution >= 4 is 35.7 Å². The van der Waals surface area contributed by atoms with Crippen molar-refractivity contribution in [3.8, 4) is 0 Å². The van der Waals surface area contributed by atoms with E-state index in [1.165, 1.54) is 0 Å². The Morgan fingerprint density at radius 1 is 0.420 bits per heavy atom. The number of nitrogens with zero attached hydrogens (tertiary/aromatic N) is 12. The molecule has 14 nitrogen and oxygen atoms in total. The van der Waals surface area contributed by atoms with Gasteiger partial charge in [-0.25, -0.2) is 0 Å². The number of anilines is 6. The first-order valence-electron chi connectivity index (χ1n) is 25.3. The topological polar surface area (TPSA) is 121 Å². The van der Waals surface area contributed by atoms with Crippen molar-refractivity contribution in [3.63, 3.8) is 0 Å². The Morgan fingerprint density at radius 3 is 0.899 bits per heavy atom. The highest BCUT2D eigenvalue weighted by atomic mass is 15.5. The van der Waals surface area contributed by atoms with Crippen molar-refractivity contribution in [2.24, 2.45) is 0 Å². The number of hydrogen-bond acceptors (Lipinski definition) is 14. The van der Waals surface area contributed by atoms with E-state index in [0.29, 0.717) is 88.0 Å². The van der Waals surface area contributed by atoms with Gasteiger partial charge in [-0.15, -0.1) is 52.6 Å². The molecule has 2 aliphatic rings. The van der Waals surface area contributed by atoms with E-state index >= 15 is 0 Å². The summed E-state index contributed by atoms with van der Waals surface area (Å²) in [7, 11) is 0. The van der Waals surface area contributed by atoms with Crippen LogP contribution < -0.4 is 40.0 Å². The monoisotopic (exact) mass is 947 g/mol. The zero-order valence-electron chi connectivity index (χ0n) is 44.4. The smallest absolute Gasteiger partial charge is 0.233 e. The molecular formula is C55H90N14. The molecule has 2 N–H and O–H groups in total. The van der Waals surface area contributed by atoms with Crippen molar-refractivity contribution in [3.05, 3.63) is 101 Å². The molecule has 380 valence electrons. The molecule has 0 saturated carbocycles. The summed E-state index contributed by atoms with van der Waals surface area (Å²) in [6.45, 7) is 57.9. The third-order valence-corrected chi connectivity index (χ3v) is 12.7. The molecule has 0 atom stereocenters. The van der Waals surface area contributed by atoms with E-state index in [4.69, 9.17) is 29.9 Å². The summed E-state index contributed by atoms with van der Waals surface area (Å²) in [5.74, 6) is 3.37. The maximum atomic E-state index is 5.56. The van der Waals surface area contributed by atoms with Gasteiger partial charge >= 0.3 is 0 Å². The van der Waals surface area contributed by atoms with Crippen LogP contribution in [0.15, 0.2) is 101 Å². The van der Waals surface area contributed by atoms with E-state index in [9.17, 15) is 0 Å². The van der Waals surface area contributed by atoms with Crippen LogP contribution in [0.25, 0.3) is 0 Å². The highest BCUT2D eigenvalue weighted by Gasteiger charge is 2.48. The first-order valence-corrected chi connectivity index (χ1v) is 25.3. The van der Waals surface area contributed by atoms with Gasteiger partial charge < -0.3 is 40.0 Å². The quantitative estimate of drug-likeness (QED) is 0.0424. The predicted octanol–water partition coefficient (Wildman–Crippen LogP) is 10.00. The molecule has 2 saturated heterocycles. The van der Waals surface area contributed by atoms with E-state index in [1.807, 2.05) is 48.6 Å². The van der Waals surface area contributed by atoms with Gasteiger partial charge in [-0.1, -0.05) is 74.8 Å². The van der Waals surface area contributed by atoms with Gasteiger partial charge in [-0.05, 0) is 93.9 Å². The fraction of sp³-hybridized carbons (Fsp3) is 0.600. The Hall–Kier alpha value is -5.34. The van der Waals surface area contributed by atoms with Gasteiger partial charge in [0.15, 0.2) is 0 Å². The molecule has 14 heteroatoms. The van der Waals surface area contributed by atoms with Crippen LogP contribution in [0.5, 0.6) is 0 Å². The second-order valence-electron chi connectivity index (χ2n) is 21.5. The van der Waals surface area contributed by atoms with Crippen LogP contribution in [0, 0.1) is 0 Å². The minimum Gasteiger partial charge on any atom is -0.333 e. The lowest BCUT2D eigenvalue weighted by atomic mass is 9.77. The number of piperidine rings is 2. The fourth-order valence-electron chi connectivity index (χ4n) is 10.9. The average Bonchev–Trinajstić information content (AvgIpc) is 3.25. The van der Waals surface area contributed by atoms with Crippen molar-refractivity contribution in [2.75, 3.05) is 81.8 Å². The maximum absolute atomic E-state index is 5.56. The normalized spacial score (nSPS) is 17.2. The number of aromatic nitrogens is 6. The van der Waals surface area contributed by atoms with E-state index in [0.717, 1.165) is 57.8 Å². The molecular weight excluding hydrogens is 857 g/mol. The van der Waals surface area contributed by atoms with Crippen molar-refractivity contribution in [2.45, 2.75) is 161 Å². The van der Waals surface area contributed by atoms with E-state index < -0.39 is 0 Å². The largest absolute Gasteiger partial charge is 0.333 e. The number of rotatable bonds is 31. The molecule has 2 fully saturated rings. The van der Waals surface area contributed by atoms with Gasteiger partial charge in [0.25, 0.3) is 0 Å². The zero-order valence-corrected chi connectivity index (χ0v) is 44.4. The Labute approximate surface area is 418 Å². The molecule has 0 amide bonds. The van der Waals surface area contributed by atoms with Gasteiger partial charge in [0.2, 0.25) is 35.7 Å². The Bertz CT molecular complexity index is 1740. The third-order valence-electron chi connectivity index (χ3n) is 12.7. The van der Waals surface area contributed by atoms with E-state index in [1.54, 1.807) is 0 Å². The van der Waals surface area contributed by atoms with Crippen LogP contribution >= 0.6 is 0 Å². The molecule has 0 radical (unpaired) electrons. The standard InChI is InChI=1S/C55H90N14/c1-18-27-28-29-30-45(68(43-39-52(10,11)62-53(12,13)40-43)50-58-46(64(31-19-2)32-20-3)56-47(59-50)65(33-21-4)34-22-5)69(44-41-54(14,15)63-55(16,17)42-44)51-60-48(66(35-23-6)36-24-7)57-49(61-51)67(37-25-8)38-26-9/h19-26,43-45,62-63H,2-9,18,27-42H2,1,10-17H3. The van der Waals surface area contributed by atoms with Crippen molar-refractivity contribution in [1.29, 1.82) is 0 Å². The second-order valence-corrected chi connectivity index (χ2v) is 21.5. The molecule has 4 rings (SSSR count). The second kappa shape index (κ2) is 25.5. The summed E-state index contributed by atoms with van der Waals surface area (Å²) in [6.07, 6.45) is 23.1. The van der Waals surface area contributed by atoms with Crippen LogP contribution in [0.1, 0.15) is 120 Å². The van der Waals surface area contributed by atoms with Crippen LogP contribution in [0.3, 0.4) is 0 Å². The molecule has 0 spiro atoms. The Morgan fingerprint density at radius 2 is 0.667 bits per heavy atom. The van der Waals surface area contributed by atoms with E-state index in [2.05, 4.69) is 155 Å². The summed E-state index contributed by atoms with van der Waals surface area (Å²) in [6, 6.07) is -0.0609. The molecule has 0 aromatic carbocycles. The number of hydrogen-bond donors (Lipinski definition) is 2. The number of unbranched alkanes of at least 4 members (excludes halogenated alkanes) is 3. The highest BCUT2D eigenvalue weighted by molar-refractivity contribution is 5.54. The highest BCUT2D eigenvalue weighted by Crippen LogP contribution is 2.41. The summed E-state index contributed by atoms with van der Waals surface area (Å²) in [5, 5.41) is 7.98. The van der Waals surface area contributed by atoms with Gasteiger partial charge in [0.05, 0.1) is 0 Å². The molecule has 0 bridgehead atoms. The zero-order chi connectivity index (χ0) is 51.0. The lowest BCUT2D eigenvalue weighted by Gasteiger charge is -2.56. The van der Waals surface area contributed by atoms with Crippen molar-refractivity contribution in [1.82, 2.24) is 40.5 Å². The van der Waals surface area contributed by atoms with Crippen molar-refractivity contribution < 1.29 is 0 Å². The van der Waals surface area contributed by atoms with E-state index in [-0.39, 0.29) is 40.4 Å². The van der Waals surface area contributed by atoms with Gasteiger partial charge in [0.1, 0.15) is 6.17 Å². The van der Waals surface area contributed by atoms with Crippen LogP contribution in [-0.4, -0.2) is 123 Å². The Balaban J connectivity index is 2.30. The Kier molecular flexibility index (Phi) is 20.8. The summed E-state index contributed by atoms with van der Waals surface area (Å²) >= 11 is 0. The molecule has 0 unspecified atom stereocenters. The SMILES string of the molecule is C=CCN(CC=C)c1nc(N(CC=C)CC=C)nc(N(C2CC(C)(C)NC(C)(C)C2)C(CCCCCC)N(c2nc(N(CC=C)CC=C)nc(N(CC=C)CC=C)n2)C2CC(C)(C)NC(C)(C)C2)n1. The molecule has 2 aromatic rings. The van der Waals surface area contributed by atoms with Gasteiger partial charge in [0, 0.05) is 86.6 Å². The van der Waals surface area contributed by atoms with Crippen LogP contribution in [0.2, 0.25) is 0 Å². The number of nitrogens with one attached hydrogen (secondary N) is 2. The van der Waals surface area contributed by atoms with Crippen LogP contribution in [-0.2, 0) is 0 Å². The fourth-order valence-corrected chi connectivity index (χ4v) is 10.9. The molecule has 69 heavy (non-hydrogen) atoms. The van der Waals surface area contributed by atoms with Gasteiger partial charge in [-0.2, -0.15) is 29.9 Å². The minimum absolute atomic E-state index is 0.0304.